The molecule has 1 aliphatic rings. The highest BCUT2D eigenvalue weighted by atomic mass is 32.2. The van der Waals surface area contributed by atoms with E-state index in [-0.39, 0.29) is 29.2 Å². The number of benzene rings is 1. The highest BCUT2D eigenvalue weighted by Crippen LogP contribution is 2.26. The highest BCUT2D eigenvalue weighted by molar-refractivity contribution is 7.98. The number of rotatable bonds is 6. The van der Waals surface area contributed by atoms with Crippen LogP contribution in [0.15, 0.2) is 35.5 Å². The molecule has 0 bridgehead atoms. The van der Waals surface area contributed by atoms with Crippen molar-refractivity contribution in [2.45, 2.75) is 37.6 Å². The second-order valence-electron chi connectivity index (χ2n) is 7.96. The smallest absolute Gasteiger partial charge is 0.276 e. The fraction of sp³-hybridized carbons (Fsp3) is 0.364. The minimum Gasteiger partial charge on any atom is -0.369 e. The molecule has 2 N–H and O–H groups in total. The van der Waals surface area contributed by atoms with E-state index in [1.807, 2.05) is 19.9 Å². The molecule has 2 amide bonds. The van der Waals surface area contributed by atoms with Crippen LogP contribution in [0.4, 0.5) is 4.39 Å². The van der Waals surface area contributed by atoms with E-state index in [1.54, 1.807) is 21.7 Å². The van der Waals surface area contributed by atoms with Crippen LogP contribution < -0.4 is 5.73 Å². The van der Waals surface area contributed by atoms with Gasteiger partial charge in [0.25, 0.3) is 5.91 Å². The Hall–Kier alpha value is -3.34. The van der Waals surface area contributed by atoms with E-state index in [0.29, 0.717) is 48.2 Å². The normalized spacial score (nSPS) is 14.5. The van der Waals surface area contributed by atoms with E-state index in [4.69, 9.17) is 5.73 Å². The van der Waals surface area contributed by atoms with Gasteiger partial charge in [-0.05, 0) is 57.0 Å². The first-order valence-corrected chi connectivity index (χ1v) is 11.5. The summed E-state index contributed by atoms with van der Waals surface area (Å²) in [6, 6.07) is 7.71. The third-order valence-electron chi connectivity index (χ3n) is 5.52. The largest absolute Gasteiger partial charge is 0.369 e. The first-order valence-electron chi connectivity index (χ1n) is 10.6. The second kappa shape index (κ2) is 9.65. The summed E-state index contributed by atoms with van der Waals surface area (Å²) >= 11 is 1.37. The first kappa shape index (κ1) is 22.8. The van der Waals surface area contributed by atoms with Crippen molar-refractivity contribution in [3.05, 3.63) is 58.9 Å². The van der Waals surface area contributed by atoms with Crippen LogP contribution in [0.5, 0.6) is 0 Å². The Morgan fingerprint density at radius 3 is 2.36 bits per heavy atom. The van der Waals surface area contributed by atoms with Crippen molar-refractivity contribution >= 4 is 23.6 Å². The van der Waals surface area contributed by atoms with Crippen molar-refractivity contribution in [1.29, 1.82) is 0 Å². The number of piperidine rings is 1. The molecule has 0 saturated carbocycles. The molecule has 33 heavy (non-hydrogen) atoms. The van der Waals surface area contributed by atoms with Crippen molar-refractivity contribution in [2.75, 3.05) is 13.1 Å². The van der Waals surface area contributed by atoms with Crippen LogP contribution in [0.25, 0.3) is 5.69 Å². The standard InChI is InChI=1S/C22H24FN7O2S/c1-13-11-14(2)26-22(25-13)33-12-18-19(21(32)29-9-7-15(8-10-29)20(24)31)27-28-30(18)17-5-3-16(23)4-6-17/h3-6,11,15H,7-10,12H2,1-2H3,(H2,24,31). The minimum atomic E-state index is -0.368. The van der Waals surface area contributed by atoms with Crippen molar-refractivity contribution < 1.29 is 14.0 Å². The number of nitrogens with two attached hydrogens (primary N) is 1. The topological polar surface area (TPSA) is 120 Å². The average Bonchev–Trinajstić information content (AvgIpc) is 3.21. The van der Waals surface area contributed by atoms with E-state index in [0.717, 1.165) is 11.4 Å². The lowest BCUT2D eigenvalue weighted by molar-refractivity contribution is -0.123. The predicted molar refractivity (Wildman–Crippen MR) is 120 cm³/mol. The van der Waals surface area contributed by atoms with Crippen molar-refractivity contribution in [2.24, 2.45) is 11.7 Å². The van der Waals surface area contributed by atoms with Gasteiger partial charge in [-0.3, -0.25) is 9.59 Å². The number of hydrogen-bond donors (Lipinski definition) is 1. The summed E-state index contributed by atoms with van der Waals surface area (Å²) in [6.45, 7) is 4.63. The van der Waals surface area contributed by atoms with Crippen LogP contribution in [0.1, 0.15) is 40.4 Å². The maximum absolute atomic E-state index is 13.5. The van der Waals surface area contributed by atoms with Crippen LogP contribution in [0, 0.1) is 25.6 Å². The number of thioether (sulfide) groups is 1. The number of halogens is 1. The van der Waals surface area contributed by atoms with Crippen molar-refractivity contribution in [3.63, 3.8) is 0 Å². The van der Waals surface area contributed by atoms with E-state index < -0.39 is 0 Å². The number of primary amides is 1. The van der Waals surface area contributed by atoms with Crippen LogP contribution in [0.3, 0.4) is 0 Å². The van der Waals surface area contributed by atoms with Crippen LogP contribution in [-0.2, 0) is 10.5 Å². The fourth-order valence-corrected chi connectivity index (χ4v) is 4.74. The number of carbonyl (C=O) groups is 2. The van der Waals surface area contributed by atoms with Gasteiger partial charge in [0, 0.05) is 36.1 Å². The molecule has 172 valence electrons. The maximum atomic E-state index is 13.5. The Morgan fingerprint density at radius 1 is 1.12 bits per heavy atom. The quantitative estimate of drug-likeness (QED) is 0.435. The van der Waals surface area contributed by atoms with Gasteiger partial charge in [0.1, 0.15) is 5.82 Å². The van der Waals surface area contributed by atoms with Gasteiger partial charge in [0.05, 0.1) is 11.4 Å². The van der Waals surface area contributed by atoms with Crippen LogP contribution in [-0.4, -0.2) is 54.8 Å². The number of aromatic nitrogens is 5. The van der Waals surface area contributed by atoms with E-state index in [1.165, 1.54) is 23.9 Å². The summed E-state index contributed by atoms with van der Waals surface area (Å²) in [4.78, 5) is 35.3. The highest BCUT2D eigenvalue weighted by Gasteiger charge is 2.30. The van der Waals surface area contributed by atoms with Crippen molar-refractivity contribution in [1.82, 2.24) is 29.9 Å². The number of amides is 2. The third-order valence-corrected chi connectivity index (χ3v) is 6.38. The molecule has 2 aromatic heterocycles. The average molecular weight is 470 g/mol. The van der Waals surface area contributed by atoms with Gasteiger partial charge in [-0.1, -0.05) is 17.0 Å². The lowest BCUT2D eigenvalue weighted by Gasteiger charge is -2.30. The molecular formula is C22H24FN7O2S. The second-order valence-corrected chi connectivity index (χ2v) is 8.91. The molecule has 1 aromatic carbocycles. The van der Waals surface area contributed by atoms with E-state index in [2.05, 4.69) is 20.3 Å². The number of carbonyl (C=O) groups excluding carboxylic acids is 2. The van der Waals surface area contributed by atoms with Crippen LogP contribution in [0.2, 0.25) is 0 Å². The Kier molecular flexibility index (Phi) is 6.68. The molecule has 11 heteroatoms. The Morgan fingerprint density at radius 2 is 1.76 bits per heavy atom. The van der Waals surface area contributed by atoms with Gasteiger partial charge in [-0.2, -0.15) is 0 Å². The Labute approximate surface area is 194 Å². The zero-order valence-corrected chi connectivity index (χ0v) is 19.2. The van der Waals surface area contributed by atoms with Gasteiger partial charge in [-0.25, -0.2) is 19.0 Å². The zero-order chi connectivity index (χ0) is 23.5. The number of likely N-dealkylation sites (tertiary alicyclic amines) is 1. The molecule has 0 radical (unpaired) electrons. The molecule has 0 aliphatic carbocycles. The summed E-state index contributed by atoms with van der Waals surface area (Å²) in [7, 11) is 0. The van der Waals surface area contributed by atoms with E-state index in [9.17, 15) is 14.0 Å². The summed E-state index contributed by atoms with van der Waals surface area (Å²) in [5.74, 6) is -0.850. The number of hydrogen-bond acceptors (Lipinski definition) is 7. The summed E-state index contributed by atoms with van der Waals surface area (Å²) in [6.07, 6.45) is 1.04. The minimum absolute atomic E-state index is 0.216. The molecule has 1 aliphatic heterocycles. The molecule has 0 unspecified atom stereocenters. The van der Waals surface area contributed by atoms with Gasteiger partial charge in [0.15, 0.2) is 10.9 Å². The molecular weight excluding hydrogens is 445 g/mol. The first-order chi connectivity index (χ1) is 15.8. The molecule has 3 heterocycles. The fourth-order valence-electron chi connectivity index (χ4n) is 3.79. The summed E-state index contributed by atoms with van der Waals surface area (Å²) < 4.78 is 15.0. The lowest BCUT2D eigenvalue weighted by Crippen LogP contribution is -2.42. The SMILES string of the molecule is Cc1cc(C)nc(SCc2c(C(=O)N3CCC(C(N)=O)CC3)nnn2-c2ccc(F)cc2)n1. The molecule has 4 rings (SSSR count). The molecule has 9 nitrogen and oxygen atoms in total. The number of aryl methyl sites for hydroxylation is 2. The third kappa shape index (κ3) is 5.19. The van der Waals surface area contributed by atoms with Gasteiger partial charge in [0.2, 0.25) is 5.91 Å². The lowest BCUT2D eigenvalue weighted by atomic mass is 9.96. The predicted octanol–water partition coefficient (Wildman–Crippen LogP) is 2.44. The Balaban J connectivity index is 1.63. The molecule has 0 spiro atoms. The molecule has 3 aromatic rings. The van der Waals surface area contributed by atoms with Gasteiger partial charge in [-0.15, -0.1) is 5.10 Å². The Bertz CT molecular complexity index is 1150. The number of nitrogens with zero attached hydrogens (tertiary/aromatic N) is 6. The maximum Gasteiger partial charge on any atom is 0.276 e. The monoisotopic (exact) mass is 469 g/mol. The molecule has 1 saturated heterocycles. The zero-order valence-electron chi connectivity index (χ0n) is 18.4. The summed E-state index contributed by atoms with van der Waals surface area (Å²) in [5.41, 5.74) is 8.48. The van der Waals surface area contributed by atoms with Gasteiger partial charge >= 0.3 is 0 Å². The van der Waals surface area contributed by atoms with Gasteiger partial charge < -0.3 is 10.6 Å². The molecule has 1 fully saturated rings. The molecule has 0 atom stereocenters. The van der Waals surface area contributed by atoms with E-state index >= 15 is 0 Å². The van der Waals surface area contributed by atoms with Crippen LogP contribution >= 0.6 is 11.8 Å². The summed E-state index contributed by atoms with van der Waals surface area (Å²) in [5, 5.41) is 8.95. The van der Waals surface area contributed by atoms with Crippen molar-refractivity contribution in [3.8, 4) is 5.69 Å².